The van der Waals surface area contributed by atoms with Crippen molar-refractivity contribution in [2.75, 3.05) is 11.9 Å². The van der Waals surface area contributed by atoms with Crippen LogP contribution in [0.5, 0.6) is 0 Å². The van der Waals surface area contributed by atoms with E-state index in [4.69, 9.17) is 15.7 Å². The number of nitrogens with two attached hydrogens (primary N) is 1. The number of nitrogens with zero attached hydrogens (tertiary/aromatic N) is 5. The van der Waals surface area contributed by atoms with E-state index in [2.05, 4.69) is 21.7 Å². The van der Waals surface area contributed by atoms with Crippen LogP contribution in [0.1, 0.15) is 55.5 Å². The fourth-order valence-corrected chi connectivity index (χ4v) is 3.02. The Morgan fingerprint density at radius 1 is 1.16 bits per heavy atom. The van der Waals surface area contributed by atoms with Crippen molar-refractivity contribution < 1.29 is 0 Å². The van der Waals surface area contributed by atoms with Crippen LogP contribution in [-0.4, -0.2) is 37.5 Å². The summed E-state index contributed by atoms with van der Waals surface area (Å²) in [5, 5.41) is 11.2. The minimum absolute atomic E-state index is 0. The van der Waals surface area contributed by atoms with E-state index >= 15 is 0 Å². The highest BCUT2D eigenvalue weighted by atomic mass is 35.5. The van der Waals surface area contributed by atoms with Crippen LogP contribution < -0.4 is 11.1 Å². The van der Waals surface area contributed by atoms with Crippen molar-refractivity contribution in [3.05, 3.63) is 30.0 Å². The summed E-state index contributed by atoms with van der Waals surface area (Å²) >= 11 is 0. The highest BCUT2D eigenvalue weighted by Crippen LogP contribution is 2.41. The smallest absolute Gasteiger partial charge is 0.134 e. The van der Waals surface area contributed by atoms with Crippen LogP contribution in [0.4, 0.5) is 5.82 Å². The second-order valence-corrected chi connectivity index (χ2v) is 6.69. The van der Waals surface area contributed by atoms with Crippen LogP contribution in [0.25, 0.3) is 0 Å². The van der Waals surface area contributed by atoms with Crippen molar-refractivity contribution in [1.82, 2.24) is 25.0 Å². The number of hydrogen-bond donors (Lipinski definition) is 2. The lowest BCUT2D eigenvalue weighted by atomic mass is 9.78. The van der Waals surface area contributed by atoms with Gasteiger partial charge in [-0.25, -0.2) is 9.97 Å². The van der Waals surface area contributed by atoms with Gasteiger partial charge in [-0.15, -0.1) is 29.9 Å². The summed E-state index contributed by atoms with van der Waals surface area (Å²) < 4.78 is 1.85. The fourth-order valence-electron chi connectivity index (χ4n) is 3.02. The average Bonchev–Trinajstić information content (AvgIpc) is 3.25. The van der Waals surface area contributed by atoms with Crippen molar-refractivity contribution in [3.63, 3.8) is 0 Å². The molecule has 138 valence electrons. The molecule has 0 spiro atoms. The van der Waals surface area contributed by atoms with E-state index < -0.39 is 0 Å². The molecule has 0 saturated heterocycles. The minimum atomic E-state index is 0. The van der Waals surface area contributed by atoms with E-state index in [1.807, 2.05) is 10.9 Å². The molecule has 2 saturated carbocycles. The maximum atomic E-state index is 5.93. The molecule has 2 heterocycles. The Kier molecular flexibility index (Phi) is 6.98. The van der Waals surface area contributed by atoms with E-state index in [-0.39, 0.29) is 24.8 Å². The topological polar surface area (TPSA) is 94.5 Å². The van der Waals surface area contributed by atoms with E-state index in [1.165, 1.54) is 18.5 Å². The molecule has 0 unspecified atom stereocenters. The van der Waals surface area contributed by atoms with E-state index in [0.29, 0.717) is 17.9 Å². The van der Waals surface area contributed by atoms with E-state index in [1.54, 1.807) is 6.20 Å². The lowest BCUT2D eigenvalue weighted by Gasteiger charge is -2.32. The molecule has 25 heavy (non-hydrogen) atoms. The third kappa shape index (κ3) is 5.03. The Balaban J connectivity index is 0.00000113. The first kappa shape index (κ1) is 19.9. The minimum Gasteiger partial charge on any atom is -0.370 e. The van der Waals surface area contributed by atoms with Gasteiger partial charge in [-0.2, -0.15) is 0 Å². The van der Waals surface area contributed by atoms with Gasteiger partial charge in [-0.1, -0.05) is 5.21 Å². The lowest BCUT2D eigenvalue weighted by molar-refractivity contribution is 0.344. The molecule has 0 atom stereocenters. The van der Waals surface area contributed by atoms with Crippen LogP contribution >= 0.6 is 24.8 Å². The van der Waals surface area contributed by atoms with Gasteiger partial charge in [-0.05, 0) is 32.1 Å². The maximum absolute atomic E-state index is 5.93. The number of hydrogen-bond acceptors (Lipinski definition) is 6. The van der Waals surface area contributed by atoms with Crippen molar-refractivity contribution in [1.29, 1.82) is 0 Å². The zero-order valence-corrected chi connectivity index (χ0v) is 15.7. The first-order valence-electron chi connectivity index (χ1n) is 8.50. The van der Waals surface area contributed by atoms with Gasteiger partial charge in [0.2, 0.25) is 0 Å². The molecule has 0 radical (unpaired) electrons. The van der Waals surface area contributed by atoms with E-state index in [0.717, 1.165) is 44.0 Å². The molecule has 2 aliphatic rings. The first-order chi connectivity index (χ1) is 11.3. The van der Waals surface area contributed by atoms with Gasteiger partial charge < -0.3 is 11.1 Å². The Labute approximate surface area is 160 Å². The molecule has 0 bridgehead atoms. The van der Waals surface area contributed by atoms with Crippen molar-refractivity contribution in [2.24, 2.45) is 5.73 Å². The van der Waals surface area contributed by atoms with Gasteiger partial charge in [-0.3, -0.25) is 4.68 Å². The zero-order valence-electron chi connectivity index (χ0n) is 14.0. The summed E-state index contributed by atoms with van der Waals surface area (Å²) in [5.74, 6) is 3.05. The second-order valence-electron chi connectivity index (χ2n) is 6.69. The van der Waals surface area contributed by atoms with E-state index in [9.17, 15) is 0 Å². The molecule has 9 heteroatoms. The van der Waals surface area contributed by atoms with Gasteiger partial charge in [0.25, 0.3) is 0 Å². The Morgan fingerprint density at radius 2 is 1.96 bits per heavy atom. The van der Waals surface area contributed by atoms with Crippen molar-refractivity contribution in [2.45, 2.75) is 56.5 Å². The Morgan fingerprint density at radius 3 is 2.60 bits per heavy atom. The van der Waals surface area contributed by atoms with Gasteiger partial charge in [0, 0.05) is 48.9 Å². The largest absolute Gasteiger partial charge is 0.370 e. The summed E-state index contributed by atoms with van der Waals surface area (Å²) in [6, 6.07) is 2.45. The Hall–Kier alpha value is -1.44. The zero-order chi connectivity index (χ0) is 15.6. The van der Waals surface area contributed by atoms with Crippen molar-refractivity contribution >= 4 is 30.6 Å². The number of aryl methyl sites for hydroxylation is 1. The number of aromatic nitrogens is 5. The molecule has 0 aliphatic heterocycles. The molecule has 0 aromatic carbocycles. The summed E-state index contributed by atoms with van der Waals surface area (Å²) in [7, 11) is 0. The van der Waals surface area contributed by atoms with Gasteiger partial charge >= 0.3 is 0 Å². The van der Waals surface area contributed by atoms with Crippen LogP contribution in [0, 0.1) is 0 Å². The predicted octanol–water partition coefficient (Wildman–Crippen LogP) is 2.50. The first-order valence-corrected chi connectivity index (χ1v) is 8.50. The maximum Gasteiger partial charge on any atom is 0.134 e. The third-order valence-electron chi connectivity index (χ3n) is 4.64. The number of rotatable bonds is 7. The third-order valence-corrected chi connectivity index (χ3v) is 4.64. The Bertz CT molecular complexity index is 655. The van der Waals surface area contributed by atoms with Crippen LogP contribution in [0.3, 0.4) is 0 Å². The monoisotopic (exact) mass is 385 g/mol. The predicted molar refractivity (Wildman–Crippen MR) is 102 cm³/mol. The molecule has 2 fully saturated rings. The van der Waals surface area contributed by atoms with Crippen molar-refractivity contribution in [3.8, 4) is 0 Å². The highest BCUT2D eigenvalue weighted by Gasteiger charge is 2.32. The molecule has 2 aromatic heterocycles. The highest BCUT2D eigenvalue weighted by molar-refractivity contribution is 5.85. The second kappa shape index (κ2) is 8.78. The standard InChI is InChI=1S/C16H23N7.2ClH/c17-13-8-12(9-13)14-10-15(21-16(20-14)11-2-3-11)18-4-1-6-23-7-5-19-22-23;;/h5,7,10-13H,1-4,6,8-9,17H2,(H,18,20,21);2*1H. The molecule has 2 aliphatic carbocycles. The van der Waals surface area contributed by atoms with Crippen LogP contribution in [0.2, 0.25) is 0 Å². The van der Waals surface area contributed by atoms with Crippen LogP contribution in [0.15, 0.2) is 18.5 Å². The number of nitrogens with one attached hydrogen (secondary N) is 1. The fraction of sp³-hybridized carbons (Fsp3) is 0.625. The summed E-state index contributed by atoms with van der Waals surface area (Å²) in [6.07, 6.45) is 9.11. The molecular weight excluding hydrogens is 361 g/mol. The lowest BCUT2D eigenvalue weighted by Crippen LogP contribution is -2.35. The number of halogens is 2. The van der Waals surface area contributed by atoms with Gasteiger partial charge in [0.05, 0.1) is 6.20 Å². The summed E-state index contributed by atoms with van der Waals surface area (Å²) in [5.41, 5.74) is 7.10. The molecule has 4 rings (SSSR count). The molecular formula is C16H25Cl2N7. The summed E-state index contributed by atoms with van der Waals surface area (Å²) in [4.78, 5) is 9.49. The number of anilines is 1. The SMILES string of the molecule is Cl.Cl.NC1CC(c2cc(NCCCn3ccnn3)nc(C3CC3)n2)C1. The van der Waals surface area contributed by atoms with Gasteiger partial charge in [0.15, 0.2) is 0 Å². The molecule has 3 N–H and O–H groups in total. The molecule has 0 amide bonds. The van der Waals surface area contributed by atoms with Gasteiger partial charge in [0.1, 0.15) is 11.6 Å². The van der Waals surface area contributed by atoms with Crippen LogP contribution in [-0.2, 0) is 6.54 Å². The summed E-state index contributed by atoms with van der Waals surface area (Å²) in [6.45, 7) is 1.72. The quantitative estimate of drug-likeness (QED) is 0.710. The average molecular weight is 386 g/mol. The molecule has 7 nitrogen and oxygen atoms in total. The normalized spacial score (nSPS) is 21.6. The molecule has 2 aromatic rings.